The summed E-state index contributed by atoms with van der Waals surface area (Å²) in [5.74, 6) is 0.774. The molecule has 0 aliphatic rings. The van der Waals surface area contributed by atoms with Crippen LogP contribution in [0.25, 0.3) is 0 Å². The lowest BCUT2D eigenvalue weighted by Crippen LogP contribution is -2.23. The summed E-state index contributed by atoms with van der Waals surface area (Å²) in [5.41, 5.74) is 5.83. The van der Waals surface area contributed by atoms with Crippen LogP contribution in [0.4, 0.5) is 0 Å². The first-order valence-electron chi connectivity index (χ1n) is 9.56. The highest BCUT2D eigenvalue weighted by atomic mass is 16.5. The summed E-state index contributed by atoms with van der Waals surface area (Å²) in [5, 5.41) is 7.39. The van der Waals surface area contributed by atoms with Crippen molar-refractivity contribution in [3.63, 3.8) is 0 Å². The lowest BCUT2D eigenvalue weighted by atomic mass is 10.1. The van der Waals surface area contributed by atoms with Gasteiger partial charge < -0.3 is 10.1 Å². The zero-order chi connectivity index (χ0) is 20.1. The Kier molecular flexibility index (Phi) is 6.14. The Morgan fingerprint density at radius 1 is 1.14 bits per heavy atom. The predicted molar refractivity (Wildman–Crippen MR) is 110 cm³/mol. The molecule has 0 spiro atoms. The van der Waals surface area contributed by atoms with Gasteiger partial charge in [0.05, 0.1) is 5.69 Å². The van der Waals surface area contributed by atoms with Crippen LogP contribution >= 0.6 is 0 Å². The highest BCUT2D eigenvalue weighted by molar-refractivity contribution is 5.94. The van der Waals surface area contributed by atoms with Gasteiger partial charge in [0.15, 0.2) is 0 Å². The Labute approximate surface area is 166 Å². The molecule has 1 amide bonds. The Bertz CT molecular complexity index is 976. The Balaban J connectivity index is 1.62. The molecular weight excluding hydrogens is 350 g/mol. The molecule has 28 heavy (non-hydrogen) atoms. The van der Waals surface area contributed by atoms with E-state index in [9.17, 15) is 4.79 Å². The van der Waals surface area contributed by atoms with Crippen LogP contribution in [0, 0.1) is 20.8 Å². The number of rotatable bonds is 7. The number of aryl methyl sites for hydroxylation is 4. The molecule has 1 N–H and O–H groups in total. The fourth-order valence-corrected chi connectivity index (χ4v) is 3.00. The number of carbonyl (C=O) groups excluding carboxylic acids is 1. The van der Waals surface area contributed by atoms with E-state index < -0.39 is 0 Å². The van der Waals surface area contributed by atoms with Crippen molar-refractivity contribution in [1.29, 1.82) is 0 Å². The highest BCUT2D eigenvalue weighted by Gasteiger charge is 2.10. The average Bonchev–Trinajstić information content (AvgIpc) is 3.07. The molecule has 2 aromatic carbocycles. The number of hydrogen-bond donors (Lipinski definition) is 1. The SMILES string of the molecule is CCn1cc(CNC(=O)c2cccc(COc3cc(C)ccc3C)c2)c(C)n1. The van der Waals surface area contributed by atoms with Gasteiger partial charge in [0.25, 0.3) is 5.91 Å². The van der Waals surface area contributed by atoms with E-state index in [1.54, 1.807) is 0 Å². The summed E-state index contributed by atoms with van der Waals surface area (Å²) in [4.78, 5) is 12.6. The summed E-state index contributed by atoms with van der Waals surface area (Å²) < 4.78 is 7.83. The third-order valence-corrected chi connectivity index (χ3v) is 4.74. The first-order valence-corrected chi connectivity index (χ1v) is 9.56. The van der Waals surface area contributed by atoms with Crippen molar-refractivity contribution < 1.29 is 9.53 Å². The van der Waals surface area contributed by atoms with Gasteiger partial charge in [0.2, 0.25) is 0 Å². The summed E-state index contributed by atoms with van der Waals surface area (Å²) in [7, 11) is 0. The van der Waals surface area contributed by atoms with Gasteiger partial charge in [0.1, 0.15) is 12.4 Å². The molecule has 0 atom stereocenters. The van der Waals surface area contributed by atoms with Gasteiger partial charge in [-0.1, -0.05) is 24.3 Å². The van der Waals surface area contributed by atoms with Crippen LogP contribution in [0.1, 0.15) is 45.2 Å². The molecule has 0 saturated carbocycles. The van der Waals surface area contributed by atoms with Crippen molar-refractivity contribution in [2.75, 3.05) is 0 Å². The maximum absolute atomic E-state index is 12.6. The number of hydrogen-bond acceptors (Lipinski definition) is 3. The second kappa shape index (κ2) is 8.74. The molecule has 5 nitrogen and oxygen atoms in total. The topological polar surface area (TPSA) is 56.2 Å². The molecule has 1 aromatic heterocycles. The number of ether oxygens (including phenoxy) is 1. The normalized spacial score (nSPS) is 10.7. The fourth-order valence-electron chi connectivity index (χ4n) is 3.00. The highest BCUT2D eigenvalue weighted by Crippen LogP contribution is 2.20. The van der Waals surface area contributed by atoms with Crippen LogP contribution < -0.4 is 10.1 Å². The molecule has 0 radical (unpaired) electrons. The molecule has 3 rings (SSSR count). The standard InChI is InChI=1S/C23H27N3O2/c1-5-26-14-21(18(4)25-26)13-24-23(27)20-8-6-7-19(12-20)15-28-22-11-16(2)9-10-17(22)3/h6-12,14H,5,13,15H2,1-4H3,(H,24,27). The number of aromatic nitrogens is 2. The molecule has 0 fully saturated rings. The minimum atomic E-state index is -0.0998. The minimum absolute atomic E-state index is 0.0998. The van der Waals surface area contributed by atoms with Crippen LogP contribution in [0.5, 0.6) is 5.75 Å². The second-order valence-electron chi connectivity index (χ2n) is 7.04. The summed E-state index contributed by atoms with van der Waals surface area (Å²) in [6, 6.07) is 13.7. The number of benzene rings is 2. The van der Waals surface area contributed by atoms with E-state index in [0.29, 0.717) is 18.7 Å². The summed E-state index contributed by atoms with van der Waals surface area (Å²) >= 11 is 0. The Hall–Kier alpha value is -3.08. The van der Waals surface area contributed by atoms with E-state index in [1.165, 1.54) is 0 Å². The molecule has 0 unspecified atom stereocenters. The largest absolute Gasteiger partial charge is 0.489 e. The average molecular weight is 377 g/mol. The monoisotopic (exact) mass is 377 g/mol. The number of carbonyl (C=O) groups is 1. The molecule has 0 saturated heterocycles. The van der Waals surface area contributed by atoms with Crippen molar-refractivity contribution in [2.24, 2.45) is 0 Å². The predicted octanol–water partition coefficient (Wildman–Crippen LogP) is 4.34. The van der Waals surface area contributed by atoms with Crippen LogP contribution in [0.2, 0.25) is 0 Å². The number of amides is 1. The van der Waals surface area contributed by atoms with E-state index in [1.807, 2.05) is 68.9 Å². The molecule has 0 aliphatic heterocycles. The molecule has 3 aromatic rings. The third kappa shape index (κ3) is 4.80. The molecule has 0 aliphatic carbocycles. The van der Waals surface area contributed by atoms with Crippen LogP contribution in [-0.4, -0.2) is 15.7 Å². The van der Waals surface area contributed by atoms with E-state index in [0.717, 1.165) is 40.2 Å². The molecular formula is C23H27N3O2. The van der Waals surface area contributed by atoms with Gasteiger partial charge in [-0.3, -0.25) is 9.48 Å². The number of nitrogens with zero attached hydrogens (tertiary/aromatic N) is 2. The van der Waals surface area contributed by atoms with E-state index in [4.69, 9.17) is 4.74 Å². The third-order valence-electron chi connectivity index (χ3n) is 4.74. The van der Waals surface area contributed by atoms with Crippen molar-refractivity contribution >= 4 is 5.91 Å². The van der Waals surface area contributed by atoms with Gasteiger partial charge in [-0.25, -0.2) is 0 Å². The maximum atomic E-state index is 12.6. The van der Waals surface area contributed by atoms with Gasteiger partial charge in [-0.15, -0.1) is 0 Å². The first-order chi connectivity index (χ1) is 13.5. The first kappa shape index (κ1) is 19.7. The zero-order valence-corrected chi connectivity index (χ0v) is 17.0. The second-order valence-corrected chi connectivity index (χ2v) is 7.04. The van der Waals surface area contributed by atoms with Gasteiger partial charge >= 0.3 is 0 Å². The van der Waals surface area contributed by atoms with E-state index >= 15 is 0 Å². The number of nitrogens with one attached hydrogen (secondary N) is 1. The molecule has 5 heteroatoms. The quantitative estimate of drug-likeness (QED) is 0.666. The van der Waals surface area contributed by atoms with E-state index in [2.05, 4.69) is 22.5 Å². The van der Waals surface area contributed by atoms with Gasteiger partial charge in [-0.05, 0) is 62.6 Å². The smallest absolute Gasteiger partial charge is 0.251 e. The van der Waals surface area contributed by atoms with Crippen molar-refractivity contribution in [3.05, 3.63) is 82.2 Å². The van der Waals surface area contributed by atoms with Crippen LogP contribution in [-0.2, 0) is 19.7 Å². The Morgan fingerprint density at radius 3 is 2.71 bits per heavy atom. The summed E-state index contributed by atoms with van der Waals surface area (Å²) in [6.07, 6.45) is 1.98. The molecule has 1 heterocycles. The molecule has 0 bridgehead atoms. The van der Waals surface area contributed by atoms with Gasteiger partial charge in [0, 0.05) is 30.4 Å². The summed E-state index contributed by atoms with van der Waals surface area (Å²) in [6.45, 7) is 9.78. The minimum Gasteiger partial charge on any atom is -0.489 e. The van der Waals surface area contributed by atoms with Crippen molar-refractivity contribution in [2.45, 2.75) is 47.4 Å². The maximum Gasteiger partial charge on any atom is 0.251 e. The van der Waals surface area contributed by atoms with Gasteiger partial charge in [-0.2, -0.15) is 5.10 Å². The lowest BCUT2D eigenvalue weighted by molar-refractivity contribution is 0.0950. The van der Waals surface area contributed by atoms with Crippen molar-refractivity contribution in [1.82, 2.24) is 15.1 Å². The molecule has 146 valence electrons. The van der Waals surface area contributed by atoms with Crippen LogP contribution in [0.3, 0.4) is 0 Å². The van der Waals surface area contributed by atoms with E-state index in [-0.39, 0.29) is 5.91 Å². The van der Waals surface area contributed by atoms with Crippen molar-refractivity contribution in [3.8, 4) is 5.75 Å². The van der Waals surface area contributed by atoms with Crippen LogP contribution in [0.15, 0.2) is 48.7 Å². The Morgan fingerprint density at radius 2 is 1.96 bits per heavy atom. The fraction of sp³-hybridized carbons (Fsp3) is 0.304. The zero-order valence-electron chi connectivity index (χ0n) is 17.0. The lowest BCUT2D eigenvalue weighted by Gasteiger charge is -2.11.